The minimum Gasteiger partial charge on any atom is -0.477 e. The number of anilines is 1. The summed E-state index contributed by atoms with van der Waals surface area (Å²) >= 11 is 0. The first-order chi connectivity index (χ1) is 8.69. The molecule has 0 saturated heterocycles. The van der Waals surface area contributed by atoms with E-state index in [4.69, 9.17) is 5.11 Å². The number of nitrogens with one attached hydrogen (secondary N) is 1. The molecule has 0 aliphatic carbocycles. The Bertz CT molecular complexity index is 458. The lowest BCUT2D eigenvalue weighted by Crippen LogP contribution is -2.34. The maximum Gasteiger partial charge on any atom is 0.354 e. The third-order valence-electron chi connectivity index (χ3n) is 2.54. The predicted molar refractivity (Wildman–Crippen MR) is 74.6 cm³/mol. The molecular weight excluding hydrogens is 244 g/mol. The van der Waals surface area contributed by atoms with Crippen molar-refractivity contribution in [1.29, 1.82) is 0 Å². The predicted octanol–water partition coefficient (Wildman–Crippen LogP) is 1.48. The van der Waals surface area contributed by atoms with Gasteiger partial charge in [0.1, 0.15) is 0 Å². The highest BCUT2D eigenvalue weighted by Crippen LogP contribution is 2.16. The first kappa shape index (κ1) is 15.4. The first-order valence-corrected chi connectivity index (χ1v) is 6.17. The van der Waals surface area contributed by atoms with E-state index in [1.807, 2.05) is 14.1 Å². The van der Waals surface area contributed by atoms with Gasteiger partial charge in [0.2, 0.25) is 5.95 Å². The molecule has 1 aromatic heterocycles. The van der Waals surface area contributed by atoms with Crippen LogP contribution in [0.2, 0.25) is 0 Å². The zero-order valence-corrected chi connectivity index (χ0v) is 12.2. The second kappa shape index (κ2) is 5.97. The summed E-state index contributed by atoms with van der Waals surface area (Å²) in [5.74, 6) is -0.676. The van der Waals surface area contributed by atoms with Crippen molar-refractivity contribution in [2.24, 2.45) is 5.41 Å². The van der Waals surface area contributed by atoms with Crippen molar-refractivity contribution < 1.29 is 9.90 Å². The molecule has 0 spiro atoms. The minimum absolute atomic E-state index is 0.0143. The summed E-state index contributed by atoms with van der Waals surface area (Å²) in [5, 5.41) is 12.1. The van der Waals surface area contributed by atoms with Crippen molar-refractivity contribution >= 4 is 11.9 Å². The lowest BCUT2D eigenvalue weighted by atomic mass is 9.93. The number of aromatic carboxylic acids is 1. The van der Waals surface area contributed by atoms with Crippen molar-refractivity contribution in [1.82, 2.24) is 14.9 Å². The lowest BCUT2D eigenvalue weighted by Gasteiger charge is -2.28. The van der Waals surface area contributed by atoms with E-state index >= 15 is 0 Å². The van der Waals surface area contributed by atoms with Gasteiger partial charge in [-0.1, -0.05) is 13.8 Å². The average molecular weight is 266 g/mol. The van der Waals surface area contributed by atoms with Crippen LogP contribution < -0.4 is 5.32 Å². The highest BCUT2D eigenvalue weighted by molar-refractivity contribution is 5.85. The van der Waals surface area contributed by atoms with Gasteiger partial charge in [-0.15, -0.1) is 0 Å². The van der Waals surface area contributed by atoms with Crippen LogP contribution in [-0.4, -0.2) is 53.1 Å². The van der Waals surface area contributed by atoms with E-state index in [-0.39, 0.29) is 11.1 Å². The van der Waals surface area contributed by atoms with Crippen LogP contribution in [0.25, 0.3) is 0 Å². The Balaban J connectivity index is 2.75. The molecule has 106 valence electrons. The van der Waals surface area contributed by atoms with Gasteiger partial charge in [-0.05, 0) is 32.5 Å². The zero-order chi connectivity index (χ0) is 14.6. The van der Waals surface area contributed by atoms with Gasteiger partial charge < -0.3 is 15.3 Å². The van der Waals surface area contributed by atoms with Crippen molar-refractivity contribution in [2.45, 2.75) is 20.8 Å². The fourth-order valence-electron chi connectivity index (χ4n) is 1.99. The van der Waals surface area contributed by atoms with Crippen LogP contribution in [0.5, 0.6) is 0 Å². The number of aryl methyl sites for hydroxylation is 1. The zero-order valence-electron chi connectivity index (χ0n) is 12.2. The number of carboxylic acid groups (broad SMARTS) is 1. The van der Waals surface area contributed by atoms with Gasteiger partial charge in [-0.3, -0.25) is 0 Å². The summed E-state index contributed by atoms with van der Waals surface area (Å²) in [5.41, 5.74) is 0.695. The van der Waals surface area contributed by atoms with Crippen LogP contribution in [0.3, 0.4) is 0 Å². The van der Waals surface area contributed by atoms with Crippen LogP contribution in [0.4, 0.5) is 5.95 Å². The molecule has 0 bridgehead atoms. The van der Waals surface area contributed by atoms with Crippen LogP contribution in [0, 0.1) is 12.3 Å². The monoisotopic (exact) mass is 266 g/mol. The second-order valence-electron chi connectivity index (χ2n) is 5.78. The summed E-state index contributed by atoms with van der Waals surface area (Å²) in [4.78, 5) is 21.2. The van der Waals surface area contributed by atoms with Gasteiger partial charge in [-0.25, -0.2) is 14.8 Å². The molecule has 6 nitrogen and oxygen atoms in total. The molecule has 0 saturated carbocycles. The van der Waals surface area contributed by atoms with Gasteiger partial charge in [0.05, 0.1) is 0 Å². The number of carboxylic acids is 1. The average Bonchev–Trinajstić information content (AvgIpc) is 2.24. The molecule has 1 heterocycles. The fourth-order valence-corrected chi connectivity index (χ4v) is 1.99. The molecule has 0 fully saturated rings. The largest absolute Gasteiger partial charge is 0.477 e. The van der Waals surface area contributed by atoms with Crippen molar-refractivity contribution in [3.8, 4) is 0 Å². The van der Waals surface area contributed by atoms with E-state index in [2.05, 4.69) is 34.0 Å². The molecule has 0 aromatic carbocycles. The molecule has 0 aliphatic heterocycles. The van der Waals surface area contributed by atoms with Crippen LogP contribution in [0.15, 0.2) is 6.07 Å². The molecule has 1 aromatic rings. The van der Waals surface area contributed by atoms with Crippen LogP contribution in [-0.2, 0) is 0 Å². The molecule has 0 unspecified atom stereocenters. The molecule has 19 heavy (non-hydrogen) atoms. The van der Waals surface area contributed by atoms with Crippen LogP contribution in [0.1, 0.15) is 30.0 Å². The summed E-state index contributed by atoms with van der Waals surface area (Å²) in [7, 11) is 4.04. The van der Waals surface area contributed by atoms with Gasteiger partial charge >= 0.3 is 5.97 Å². The molecule has 0 atom stereocenters. The number of hydrogen-bond donors (Lipinski definition) is 2. The fraction of sp³-hybridized carbons (Fsp3) is 0.615. The van der Waals surface area contributed by atoms with Crippen LogP contribution >= 0.6 is 0 Å². The highest BCUT2D eigenvalue weighted by Gasteiger charge is 2.19. The molecule has 0 radical (unpaired) electrons. The molecular formula is C13H22N4O2. The number of rotatable bonds is 6. The summed E-state index contributed by atoms with van der Waals surface area (Å²) < 4.78 is 0. The van der Waals surface area contributed by atoms with E-state index in [9.17, 15) is 4.79 Å². The normalized spacial score (nSPS) is 11.7. The summed E-state index contributed by atoms with van der Waals surface area (Å²) in [6.45, 7) is 7.61. The number of hydrogen-bond acceptors (Lipinski definition) is 5. The third kappa shape index (κ3) is 5.21. The van der Waals surface area contributed by atoms with Gasteiger partial charge in [0.25, 0.3) is 0 Å². The molecule has 6 heteroatoms. The van der Waals surface area contributed by atoms with Gasteiger partial charge in [0, 0.05) is 18.8 Å². The Labute approximate surface area is 113 Å². The number of carbonyl (C=O) groups is 1. The topological polar surface area (TPSA) is 78.3 Å². The standard InChI is InChI=1S/C13H22N4O2/c1-9-6-10(11(18)19)16-12(15-9)14-7-13(2,3)8-17(4)5/h6H,7-8H2,1-5H3,(H,18,19)(H,14,15,16). The van der Waals surface area contributed by atoms with Crippen molar-refractivity contribution in [2.75, 3.05) is 32.5 Å². The SMILES string of the molecule is Cc1cc(C(=O)O)nc(NCC(C)(C)CN(C)C)n1. The molecule has 0 aliphatic rings. The molecule has 2 N–H and O–H groups in total. The van der Waals surface area contributed by atoms with Crippen molar-refractivity contribution in [3.63, 3.8) is 0 Å². The van der Waals surface area contributed by atoms with E-state index in [1.165, 1.54) is 6.07 Å². The maximum absolute atomic E-state index is 10.9. The molecule has 0 amide bonds. The number of nitrogens with zero attached hydrogens (tertiary/aromatic N) is 3. The summed E-state index contributed by atoms with van der Waals surface area (Å²) in [6, 6.07) is 1.46. The Kier molecular flexibility index (Phi) is 4.83. The summed E-state index contributed by atoms with van der Waals surface area (Å²) in [6.07, 6.45) is 0. The minimum atomic E-state index is -1.04. The quantitative estimate of drug-likeness (QED) is 0.812. The van der Waals surface area contributed by atoms with Gasteiger partial charge in [0.15, 0.2) is 5.69 Å². The Hall–Kier alpha value is -1.69. The van der Waals surface area contributed by atoms with E-state index in [1.54, 1.807) is 6.92 Å². The maximum atomic E-state index is 10.9. The van der Waals surface area contributed by atoms with Gasteiger partial charge in [-0.2, -0.15) is 0 Å². The van der Waals surface area contributed by atoms with E-state index in [0.29, 0.717) is 18.2 Å². The molecule has 1 rings (SSSR count). The third-order valence-corrected chi connectivity index (χ3v) is 2.54. The lowest BCUT2D eigenvalue weighted by molar-refractivity contribution is 0.0690. The smallest absolute Gasteiger partial charge is 0.354 e. The van der Waals surface area contributed by atoms with E-state index in [0.717, 1.165) is 6.54 Å². The highest BCUT2D eigenvalue weighted by atomic mass is 16.4. The Morgan fingerprint density at radius 3 is 2.58 bits per heavy atom. The first-order valence-electron chi connectivity index (χ1n) is 6.17. The second-order valence-corrected chi connectivity index (χ2v) is 5.78. The van der Waals surface area contributed by atoms with E-state index < -0.39 is 5.97 Å². The Morgan fingerprint density at radius 2 is 2.05 bits per heavy atom. The number of aromatic nitrogens is 2. The Morgan fingerprint density at radius 1 is 1.42 bits per heavy atom. The van der Waals surface area contributed by atoms with Crippen molar-refractivity contribution in [3.05, 3.63) is 17.5 Å².